The van der Waals surface area contributed by atoms with E-state index in [9.17, 15) is 0 Å². The molecular weight excluding hydrogens is 280 g/mol. The number of halogens is 1. The number of hydrogen-bond acceptors (Lipinski definition) is 4. The third kappa shape index (κ3) is 2.52. The smallest absolute Gasteiger partial charge is 0.197 e. The highest BCUT2D eigenvalue weighted by molar-refractivity contribution is 7.10. The van der Waals surface area contributed by atoms with Crippen LogP contribution in [-0.2, 0) is 6.42 Å². The molecule has 1 N–H and O–H groups in total. The first kappa shape index (κ1) is 12.7. The van der Waals surface area contributed by atoms with E-state index in [1.807, 2.05) is 42.8 Å². The van der Waals surface area contributed by atoms with Gasteiger partial charge in [0.2, 0.25) is 0 Å². The maximum atomic E-state index is 6.18. The van der Waals surface area contributed by atoms with E-state index in [4.69, 9.17) is 16.0 Å². The molecule has 19 heavy (non-hydrogen) atoms. The first-order valence-corrected chi connectivity index (χ1v) is 7.28. The summed E-state index contributed by atoms with van der Waals surface area (Å²) in [6.45, 7) is 0. The molecule has 98 valence electrons. The minimum atomic E-state index is 0.126. The number of fused-ring (bicyclic) bond motifs is 1. The van der Waals surface area contributed by atoms with Crippen molar-refractivity contribution in [2.24, 2.45) is 0 Å². The topological polar surface area (TPSA) is 38.1 Å². The van der Waals surface area contributed by atoms with Crippen molar-refractivity contribution in [2.45, 2.75) is 12.5 Å². The summed E-state index contributed by atoms with van der Waals surface area (Å²) in [5, 5.41) is 6.05. The van der Waals surface area contributed by atoms with Gasteiger partial charge in [-0.3, -0.25) is 0 Å². The third-order valence-electron chi connectivity index (χ3n) is 3.03. The van der Waals surface area contributed by atoms with Crippen LogP contribution in [0.2, 0.25) is 5.02 Å². The summed E-state index contributed by atoms with van der Waals surface area (Å²) < 4.78 is 5.75. The molecule has 0 aliphatic rings. The van der Waals surface area contributed by atoms with Crippen molar-refractivity contribution >= 4 is 34.0 Å². The van der Waals surface area contributed by atoms with Gasteiger partial charge in [-0.2, -0.15) is 0 Å². The normalized spacial score (nSPS) is 12.9. The summed E-state index contributed by atoms with van der Waals surface area (Å²) in [5.41, 5.74) is 1.72. The highest BCUT2D eigenvalue weighted by Gasteiger charge is 2.18. The quantitative estimate of drug-likeness (QED) is 0.788. The molecule has 0 amide bonds. The van der Waals surface area contributed by atoms with Crippen molar-refractivity contribution in [2.75, 3.05) is 7.05 Å². The molecule has 0 saturated carbocycles. The molecular formula is C14H13ClN2OS. The molecule has 5 heteroatoms. The Morgan fingerprint density at radius 3 is 2.89 bits per heavy atom. The van der Waals surface area contributed by atoms with Crippen LogP contribution >= 0.6 is 22.9 Å². The average Bonchev–Trinajstić information content (AvgIpc) is 3.01. The summed E-state index contributed by atoms with van der Waals surface area (Å²) in [6.07, 6.45) is 0.686. The Morgan fingerprint density at radius 2 is 2.21 bits per heavy atom. The van der Waals surface area contributed by atoms with Crippen molar-refractivity contribution < 1.29 is 4.42 Å². The van der Waals surface area contributed by atoms with Crippen LogP contribution in [0.4, 0.5) is 0 Å². The van der Waals surface area contributed by atoms with E-state index in [0.29, 0.717) is 6.42 Å². The minimum Gasteiger partial charge on any atom is -0.441 e. The number of benzene rings is 1. The fourth-order valence-corrected chi connectivity index (χ4v) is 3.36. The molecule has 0 radical (unpaired) electrons. The predicted octanol–water partition coefficient (Wildman–Crippen LogP) is 4.05. The van der Waals surface area contributed by atoms with Crippen molar-refractivity contribution in [1.82, 2.24) is 10.3 Å². The van der Waals surface area contributed by atoms with E-state index in [-0.39, 0.29) is 6.04 Å². The molecule has 3 nitrogen and oxygen atoms in total. The van der Waals surface area contributed by atoms with Crippen LogP contribution in [0.1, 0.15) is 16.8 Å². The van der Waals surface area contributed by atoms with Gasteiger partial charge in [-0.05, 0) is 30.6 Å². The van der Waals surface area contributed by atoms with Gasteiger partial charge in [0, 0.05) is 11.3 Å². The Balaban J connectivity index is 1.88. The Bertz CT molecular complexity index is 658. The Morgan fingerprint density at radius 1 is 1.37 bits per heavy atom. The summed E-state index contributed by atoms with van der Waals surface area (Å²) >= 11 is 7.82. The zero-order valence-corrected chi connectivity index (χ0v) is 12.0. The van der Waals surface area contributed by atoms with Crippen LogP contribution in [0.15, 0.2) is 40.1 Å². The molecule has 0 spiro atoms. The summed E-state index contributed by atoms with van der Waals surface area (Å²) in [7, 11) is 1.92. The zero-order chi connectivity index (χ0) is 13.2. The summed E-state index contributed by atoms with van der Waals surface area (Å²) in [6, 6.07) is 9.83. The number of aromatic nitrogens is 1. The monoisotopic (exact) mass is 292 g/mol. The maximum absolute atomic E-state index is 6.18. The van der Waals surface area contributed by atoms with Crippen LogP contribution in [0.3, 0.4) is 0 Å². The van der Waals surface area contributed by atoms with Gasteiger partial charge < -0.3 is 9.73 Å². The lowest BCUT2D eigenvalue weighted by Crippen LogP contribution is -2.18. The molecule has 2 heterocycles. The number of rotatable bonds is 4. The summed E-state index contributed by atoms with van der Waals surface area (Å²) in [4.78, 5) is 5.61. The average molecular weight is 293 g/mol. The molecule has 0 fully saturated rings. The predicted molar refractivity (Wildman–Crippen MR) is 78.8 cm³/mol. The van der Waals surface area contributed by atoms with E-state index in [0.717, 1.165) is 26.9 Å². The Labute approximate surface area is 120 Å². The van der Waals surface area contributed by atoms with Crippen molar-refractivity contribution in [3.63, 3.8) is 0 Å². The lowest BCUT2D eigenvalue weighted by Gasteiger charge is -2.12. The van der Waals surface area contributed by atoms with E-state index in [1.54, 1.807) is 11.3 Å². The summed E-state index contributed by atoms with van der Waals surface area (Å²) in [5.74, 6) is 0.727. The molecule has 1 unspecified atom stereocenters. The number of nitrogens with one attached hydrogen (secondary N) is 1. The van der Waals surface area contributed by atoms with E-state index in [1.165, 1.54) is 0 Å². The highest BCUT2D eigenvalue weighted by Crippen LogP contribution is 2.31. The molecule has 3 aromatic rings. The minimum absolute atomic E-state index is 0.126. The first-order valence-electron chi connectivity index (χ1n) is 6.02. The van der Waals surface area contributed by atoms with Crippen LogP contribution in [0, 0.1) is 0 Å². The number of oxazole rings is 1. The second kappa shape index (κ2) is 5.33. The Hall–Kier alpha value is -1.36. The first-order chi connectivity index (χ1) is 9.28. The van der Waals surface area contributed by atoms with Gasteiger partial charge in [-0.25, -0.2) is 4.98 Å². The number of likely N-dealkylation sites (N-methyl/N-ethyl adjacent to an activating group) is 1. The molecule has 0 saturated heterocycles. The lowest BCUT2D eigenvalue weighted by molar-refractivity contribution is 0.477. The number of para-hydroxylation sites is 2. The third-order valence-corrected chi connectivity index (χ3v) is 4.50. The van der Waals surface area contributed by atoms with Gasteiger partial charge in [-0.1, -0.05) is 23.7 Å². The van der Waals surface area contributed by atoms with Crippen LogP contribution in [0.5, 0.6) is 0 Å². The fraction of sp³-hybridized carbons (Fsp3) is 0.214. The van der Waals surface area contributed by atoms with E-state index in [2.05, 4.69) is 10.3 Å². The standard InChI is InChI=1S/C14H13ClN2OS/c1-16-11(14-9(15)6-7-19-14)8-13-17-10-4-2-3-5-12(10)18-13/h2-7,11,16H,8H2,1H3. The van der Waals surface area contributed by atoms with Gasteiger partial charge in [0.15, 0.2) is 11.5 Å². The van der Waals surface area contributed by atoms with E-state index >= 15 is 0 Å². The zero-order valence-electron chi connectivity index (χ0n) is 10.4. The SMILES string of the molecule is CNC(Cc1nc2ccccc2o1)c1sccc1Cl. The molecule has 1 aromatic carbocycles. The fourth-order valence-electron chi connectivity index (χ4n) is 2.06. The second-order valence-electron chi connectivity index (χ2n) is 4.25. The van der Waals surface area contributed by atoms with Crippen LogP contribution < -0.4 is 5.32 Å². The van der Waals surface area contributed by atoms with Crippen LogP contribution in [-0.4, -0.2) is 12.0 Å². The van der Waals surface area contributed by atoms with Crippen molar-refractivity contribution in [3.05, 3.63) is 51.5 Å². The highest BCUT2D eigenvalue weighted by atomic mass is 35.5. The van der Waals surface area contributed by atoms with Gasteiger partial charge in [0.1, 0.15) is 5.52 Å². The second-order valence-corrected chi connectivity index (χ2v) is 5.61. The van der Waals surface area contributed by atoms with E-state index < -0.39 is 0 Å². The molecule has 2 aromatic heterocycles. The maximum Gasteiger partial charge on any atom is 0.197 e. The van der Waals surface area contributed by atoms with Gasteiger partial charge in [0.05, 0.1) is 11.1 Å². The number of thiophene rings is 1. The van der Waals surface area contributed by atoms with Gasteiger partial charge in [-0.15, -0.1) is 11.3 Å². The largest absolute Gasteiger partial charge is 0.441 e. The molecule has 0 aliphatic heterocycles. The van der Waals surface area contributed by atoms with Crippen LogP contribution in [0.25, 0.3) is 11.1 Å². The number of nitrogens with zero attached hydrogens (tertiary/aromatic N) is 1. The number of hydrogen-bond donors (Lipinski definition) is 1. The Kier molecular flexibility index (Phi) is 3.55. The van der Waals surface area contributed by atoms with Crippen molar-refractivity contribution in [1.29, 1.82) is 0 Å². The molecule has 0 bridgehead atoms. The van der Waals surface area contributed by atoms with Crippen molar-refractivity contribution in [3.8, 4) is 0 Å². The molecule has 0 aliphatic carbocycles. The molecule has 3 rings (SSSR count). The van der Waals surface area contributed by atoms with Gasteiger partial charge in [0.25, 0.3) is 0 Å². The lowest BCUT2D eigenvalue weighted by atomic mass is 10.2. The van der Waals surface area contributed by atoms with Gasteiger partial charge >= 0.3 is 0 Å². The molecule has 1 atom stereocenters.